The molecule has 1 aliphatic heterocycles. The quantitative estimate of drug-likeness (QED) is 0.658. The van der Waals surface area contributed by atoms with Gasteiger partial charge in [0.15, 0.2) is 11.5 Å². The number of nitrogens with zero attached hydrogens (tertiary/aromatic N) is 2. The zero-order valence-electron chi connectivity index (χ0n) is 15.0. The number of aryl methyl sites for hydroxylation is 2. The fourth-order valence-corrected chi connectivity index (χ4v) is 3.08. The Bertz CT molecular complexity index is 994. The third kappa shape index (κ3) is 4.06. The summed E-state index contributed by atoms with van der Waals surface area (Å²) in [4.78, 5) is 9.02. The van der Waals surface area contributed by atoms with Crippen LogP contribution < -0.4 is 20.1 Å². The van der Waals surface area contributed by atoms with Gasteiger partial charge in [-0.15, -0.1) is 0 Å². The second kappa shape index (κ2) is 7.32. The molecule has 4 rings (SSSR count). The van der Waals surface area contributed by atoms with Crippen LogP contribution in [-0.2, 0) is 6.54 Å². The summed E-state index contributed by atoms with van der Waals surface area (Å²) >= 11 is 6.02. The van der Waals surface area contributed by atoms with Crippen LogP contribution in [0.1, 0.15) is 16.8 Å². The van der Waals surface area contributed by atoms with Gasteiger partial charge in [-0.3, -0.25) is 0 Å². The van der Waals surface area contributed by atoms with Gasteiger partial charge in [0.2, 0.25) is 12.7 Å². The molecule has 0 unspecified atom stereocenters. The van der Waals surface area contributed by atoms with Gasteiger partial charge in [-0.2, -0.15) is 4.98 Å². The van der Waals surface area contributed by atoms with Crippen molar-refractivity contribution in [3.8, 4) is 11.5 Å². The van der Waals surface area contributed by atoms with E-state index < -0.39 is 0 Å². The maximum absolute atomic E-state index is 6.02. The predicted molar refractivity (Wildman–Crippen MR) is 106 cm³/mol. The summed E-state index contributed by atoms with van der Waals surface area (Å²) in [5.41, 5.74) is 3.94. The molecule has 27 heavy (non-hydrogen) atoms. The Morgan fingerprint density at radius 2 is 1.85 bits per heavy atom. The minimum atomic E-state index is 0.270. The van der Waals surface area contributed by atoms with Crippen molar-refractivity contribution < 1.29 is 9.47 Å². The van der Waals surface area contributed by atoms with E-state index in [1.807, 2.05) is 56.3 Å². The number of ether oxygens (including phenoxy) is 2. The van der Waals surface area contributed by atoms with Crippen molar-refractivity contribution in [1.29, 1.82) is 0 Å². The van der Waals surface area contributed by atoms with E-state index in [2.05, 4.69) is 20.6 Å². The summed E-state index contributed by atoms with van der Waals surface area (Å²) < 4.78 is 10.8. The highest BCUT2D eigenvalue weighted by molar-refractivity contribution is 6.30. The Morgan fingerprint density at radius 1 is 1.00 bits per heavy atom. The molecule has 0 aliphatic carbocycles. The van der Waals surface area contributed by atoms with Gasteiger partial charge in [0.1, 0.15) is 5.82 Å². The molecule has 0 spiro atoms. The molecule has 2 heterocycles. The van der Waals surface area contributed by atoms with Gasteiger partial charge in [0.25, 0.3) is 0 Å². The van der Waals surface area contributed by atoms with Crippen LogP contribution in [0.25, 0.3) is 0 Å². The number of anilines is 3. The lowest BCUT2D eigenvalue weighted by atomic mass is 10.2. The Kier molecular flexibility index (Phi) is 4.73. The smallest absolute Gasteiger partial charge is 0.231 e. The molecule has 6 nitrogen and oxygen atoms in total. The molecule has 1 aromatic heterocycles. The monoisotopic (exact) mass is 382 g/mol. The first-order chi connectivity index (χ1) is 13.1. The average molecular weight is 383 g/mol. The van der Waals surface area contributed by atoms with Crippen molar-refractivity contribution in [2.24, 2.45) is 0 Å². The molecule has 0 fully saturated rings. The van der Waals surface area contributed by atoms with Crippen molar-refractivity contribution in [3.05, 3.63) is 64.3 Å². The van der Waals surface area contributed by atoms with Crippen molar-refractivity contribution in [2.75, 3.05) is 17.4 Å². The molecule has 0 saturated heterocycles. The van der Waals surface area contributed by atoms with Crippen molar-refractivity contribution >= 4 is 29.1 Å². The lowest BCUT2D eigenvalue weighted by Crippen LogP contribution is -2.06. The summed E-state index contributed by atoms with van der Waals surface area (Å²) in [5.74, 6) is 2.82. The molecule has 138 valence electrons. The van der Waals surface area contributed by atoms with E-state index in [9.17, 15) is 0 Å². The van der Waals surface area contributed by atoms with E-state index in [0.29, 0.717) is 17.5 Å². The minimum Gasteiger partial charge on any atom is -0.454 e. The van der Waals surface area contributed by atoms with Crippen LogP contribution in [0.2, 0.25) is 5.02 Å². The zero-order valence-corrected chi connectivity index (χ0v) is 15.8. The summed E-state index contributed by atoms with van der Waals surface area (Å²) in [7, 11) is 0. The van der Waals surface area contributed by atoms with Crippen LogP contribution in [0, 0.1) is 13.8 Å². The maximum atomic E-state index is 6.02. The third-order valence-corrected chi connectivity index (χ3v) is 4.43. The van der Waals surface area contributed by atoms with Gasteiger partial charge in [-0.1, -0.05) is 17.7 Å². The number of nitrogens with one attached hydrogen (secondary N) is 2. The zero-order chi connectivity index (χ0) is 18.8. The van der Waals surface area contributed by atoms with Crippen molar-refractivity contribution in [2.45, 2.75) is 20.4 Å². The Labute approximate surface area is 162 Å². The van der Waals surface area contributed by atoms with Gasteiger partial charge in [0.05, 0.1) is 0 Å². The number of benzene rings is 2. The average Bonchev–Trinajstić information content (AvgIpc) is 3.10. The molecule has 0 atom stereocenters. The fraction of sp³-hybridized carbons (Fsp3) is 0.200. The number of hydrogen-bond acceptors (Lipinski definition) is 6. The molecule has 2 aromatic carbocycles. The number of rotatable bonds is 5. The van der Waals surface area contributed by atoms with Gasteiger partial charge >= 0.3 is 0 Å². The van der Waals surface area contributed by atoms with E-state index >= 15 is 0 Å². The number of halogens is 1. The molecule has 0 saturated carbocycles. The normalized spacial score (nSPS) is 12.1. The molecule has 2 N–H and O–H groups in total. The van der Waals surface area contributed by atoms with E-state index in [-0.39, 0.29) is 6.79 Å². The Balaban J connectivity index is 1.48. The molecule has 7 heteroatoms. The van der Waals surface area contributed by atoms with E-state index in [1.54, 1.807) is 0 Å². The van der Waals surface area contributed by atoms with Crippen molar-refractivity contribution in [1.82, 2.24) is 9.97 Å². The fourth-order valence-electron chi connectivity index (χ4n) is 2.85. The topological polar surface area (TPSA) is 68.3 Å². The highest BCUT2D eigenvalue weighted by atomic mass is 35.5. The Hall–Kier alpha value is -2.99. The lowest BCUT2D eigenvalue weighted by molar-refractivity contribution is 0.174. The van der Waals surface area contributed by atoms with Crippen molar-refractivity contribution in [3.63, 3.8) is 0 Å². The first kappa shape index (κ1) is 17.4. The maximum Gasteiger partial charge on any atom is 0.231 e. The highest BCUT2D eigenvalue weighted by Gasteiger charge is 2.13. The molecular weight excluding hydrogens is 364 g/mol. The van der Waals surface area contributed by atoms with Crippen LogP contribution in [-0.4, -0.2) is 16.8 Å². The summed E-state index contributed by atoms with van der Waals surface area (Å²) in [6, 6.07) is 13.5. The lowest BCUT2D eigenvalue weighted by Gasteiger charge is -2.12. The second-order valence-electron chi connectivity index (χ2n) is 6.34. The number of aromatic nitrogens is 2. The van der Waals surface area contributed by atoms with Crippen LogP contribution >= 0.6 is 11.6 Å². The minimum absolute atomic E-state index is 0.270. The summed E-state index contributed by atoms with van der Waals surface area (Å²) in [6.07, 6.45) is 0. The molecule has 3 aromatic rings. The van der Waals surface area contributed by atoms with Crippen LogP contribution in [0.15, 0.2) is 42.5 Å². The van der Waals surface area contributed by atoms with Gasteiger partial charge in [0, 0.05) is 29.0 Å². The largest absolute Gasteiger partial charge is 0.454 e. The van der Waals surface area contributed by atoms with Crippen LogP contribution in [0.3, 0.4) is 0 Å². The first-order valence-corrected chi connectivity index (χ1v) is 8.96. The van der Waals surface area contributed by atoms with Crippen LogP contribution in [0.4, 0.5) is 17.5 Å². The predicted octanol–water partition coefficient (Wildman–Crippen LogP) is 4.83. The first-order valence-electron chi connectivity index (χ1n) is 8.58. The standard InChI is InChI=1S/C20H19ClN4O2/c1-12-7-15(21)4-5-16(12)24-19-8-13(2)23-20(25-19)22-10-14-3-6-17-18(9-14)27-11-26-17/h3-9H,10-11H2,1-2H3,(H2,22,23,24,25). The number of hydrogen-bond donors (Lipinski definition) is 2. The third-order valence-electron chi connectivity index (χ3n) is 4.19. The van der Waals surface area contributed by atoms with Crippen LogP contribution in [0.5, 0.6) is 11.5 Å². The molecular formula is C20H19ClN4O2. The van der Waals surface area contributed by atoms with E-state index in [0.717, 1.165) is 39.8 Å². The molecule has 0 amide bonds. The SMILES string of the molecule is Cc1cc(Nc2ccc(Cl)cc2C)nc(NCc2ccc3c(c2)OCO3)n1. The summed E-state index contributed by atoms with van der Waals surface area (Å²) in [6.45, 7) is 4.79. The molecule has 0 radical (unpaired) electrons. The highest BCUT2D eigenvalue weighted by Crippen LogP contribution is 2.32. The van der Waals surface area contributed by atoms with E-state index in [1.165, 1.54) is 0 Å². The van der Waals surface area contributed by atoms with Gasteiger partial charge < -0.3 is 20.1 Å². The Morgan fingerprint density at radius 3 is 2.70 bits per heavy atom. The molecule has 1 aliphatic rings. The number of fused-ring (bicyclic) bond motifs is 1. The second-order valence-corrected chi connectivity index (χ2v) is 6.78. The van der Waals surface area contributed by atoms with Gasteiger partial charge in [-0.25, -0.2) is 4.98 Å². The van der Waals surface area contributed by atoms with Gasteiger partial charge in [-0.05, 0) is 55.3 Å². The molecule has 0 bridgehead atoms. The summed E-state index contributed by atoms with van der Waals surface area (Å²) in [5, 5.41) is 7.30. The van der Waals surface area contributed by atoms with E-state index in [4.69, 9.17) is 21.1 Å².